The van der Waals surface area contributed by atoms with E-state index in [9.17, 15) is 0 Å². The summed E-state index contributed by atoms with van der Waals surface area (Å²) in [5, 5.41) is 1.35. The van der Waals surface area contributed by atoms with Gasteiger partial charge in [0, 0.05) is 22.0 Å². The standard InChI is InChI=1S/C13H18BrClO2/c1-4-9(2)8-17-13-10(7-14)5-11(15)6-12(13)16-3/h5-6,9H,4,7-8H2,1-3H3. The second-order valence-corrected chi connectivity index (χ2v) is 5.05. The molecule has 1 rings (SSSR count). The molecule has 0 aliphatic carbocycles. The summed E-state index contributed by atoms with van der Waals surface area (Å²) in [5.74, 6) is 2.00. The third-order valence-electron chi connectivity index (χ3n) is 2.67. The van der Waals surface area contributed by atoms with Gasteiger partial charge in [-0.3, -0.25) is 0 Å². The number of ether oxygens (including phenoxy) is 2. The van der Waals surface area contributed by atoms with Crippen LogP contribution in [0.15, 0.2) is 12.1 Å². The Morgan fingerprint density at radius 1 is 1.41 bits per heavy atom. The maximum absolute atomic E-state index is 6.01. The van der Waals surface area contributed by atoms with Crippen LogP contribution < -0.4 is 9.47 Å². The first-order valence-corrected chi connectivity index (χ1v) is 7.17. The lowest BCUT2D eigenvalue weighted by molar-refractivity contribution is 0.243. The molecule has 0 aromatic heterocycles. The van der Waals surface area contributed by atoms with Crippen LogP contribution in [0.1, 0.15) is 25.8 Å². The molecule has 0 N–H and O–H groups in total. The van der Waals surface area contributed by atoms with Gasteiger partial charge in [-0.05, 0) is 12.0 Å². The second-order valence-electron chi connectivity index (χ2n) is 4.05. The van der Waals surface area contributed by atoms with Gasteiger partial charge in [-0.2, -0.15) is 0 Å². The van der Waals surface area contributed by atoms with Gasteiger partial charge in [0.15, 0.2) is 11.5 Å². The van der Waals surface area contributed by atoms with Crippen molar-refractivity contribution >= 4 is 27.5 Å². The Labute approximate surface area is 116 Å². The highest BCUT2D eigenvalue weighted by atomic mass is 79.9. The van der Waals surface area contributed by atoms with E-state index in [1.54, 1.807) is 13.2 Å². The first-order chi connectivity index (χ1) is 8.12. The quantitative estimate of drug-likeness (QED) is 0.709. The molecule has 1 aromatic carbocycles. The van der Waals surface area contributed by atoms with Crippen molar-refractivity contribution in [2.75, 3.05) is 13.7 Å². The van der Waals surface area contributed by atoms with Crippen LogP contribution in [0.4, 0.5) is 0 Å². The third kappa shape index (κ3) is 4.07. The van der Waals surface area contributed by atoms with E-state index in [0.717, 1.165) is 17.7 Å². The van der Waals surface area contributed by atoms with Crippen molar-refractivity contribution in [3.05, 3.63) is 22.7 Å². The summed E-state index contributed by atoms with van der Waals surface area (Å²) < 4.78 is 11.1. The van der Waals surface area contributed by atoms with Crippen molar-refractivity contribution < 1.29 is 9.47 Å². The molecule has 0 radical (unpaired) electrons. The molecule has 0 fully saturated rings. The molecule has 0 saturated carbocycles. The van der Waals surface area contributed by atoms with Gasteiger partial charge in [0.2, 0.25) is 0 Å². The van der Waals surface area contributed by atoms with Gasteiger partial charge in [0.25, 0.3) is 0 Å². The molecule has 1 aromatic rings. The smallest absolute Gasteiger partial charge is 0.165 e. The van der Waals surface area contributed by atoms with Crippen LogP contribution in [0.2, 0.25) is 5.02 Å². The van der Waals surface area contributed by atoms with E-state index in [0.29, 0.717) is 28.6 Å². The van der Waals surface area contributed by atoms with E-state index in [1.807, 2.05) is 6.07 Å². The van der Waals surface area contributed by atoms with Gasteiger partial charge in [0.05, 0.1) is 13.7 Å². The van der Waals surface area contributed by atoms with Gasteiger partial charge >= 0.3 is 0 Å². The van der Waals surface area contributed by atoms with Crippen LogP contribution in [0, 0.1) is 5.92 Å². The summed E-state index contributed by atoms with van der Waals surface area (Å²) in [6.07, 6.45) is 1.10. The van der Waals surface area contributed by atoms with Crippen LogP contribution in [0.3, 0.4) is 0 Å². The fourth-order valence-corrected chi connectivity index (χ4v) is 2.03. The first kappa shape index (κ1) is 14.7. The summed E-state index contributed by atoms with van der Waals surface area (Å²) in [5.41, 5.74) is 1.01. The molecule has 0 amide bonds. The van der Waals surface area contributed by atoms with E-state index in [2.05, 4.69) is 29.8 Å². The maximum Gasteiger partial charge on any atom is 0.165 e. The molecule has 17 heavy (non-hydrogen) atoms. The predicted molar refractivity (Wildman–Crippen MR) is 75.6 cm³/mol. The van der Waals surface area contributed by atoms with Crippen molar-refractivity contribution in [1.29, 1.82) is 0 Å². The molecule has 1 atom stereocenters. The number of halogens is 2. The number of hydrogen-bond acceptors (Lipinski definition) is 2. The summed E-state index contributed by atoms with van der Waals surface area (Å²) in [6, 6.07) is 3.67. The fourth-order valence-electron chi connectivity index (χ4n) is 1.38. The van der Waals surface area contributed by atoms with E-state index in [-0.39, 0.29) is 0 Å². The summed E-state index contributed by atoms with van der Waals surface area (Å²) in [6.45, 7) is 5.00. The highest BCUT2D eigenvalue weighted by Gasteiger charge is 2.13. The van der Waals surface area contributed by atoms with Crippen molar-refractivity contribution in [3.63, 3.8) is 0 Å². The van der Waals surface area contributed by atoms with E-state index in [4.69, 9.17) is 21.1 Å². The predicted octanol–water partition coefficient (Wildman–Crippen LogP) is 4.67. The maximum atomic E-state index is 6.01. The Morgan fingerprint density at radius 2 is 2.12 bits per heavy atom. The van der Waals surface area contributed by atoms with Gasteiger partial charge in [-0.15, -0.1) is 0 Å². The lowest BCUT2D eigenvalue weighted by Crippen LogP contribution is -2.09. The Hall–Kier alpha value is -0.410. The number of alkyl halides is 1. The van der Waals surface area contributed by atoms with Crippen LogP contribution in [-0.2, 0) is 5.33 Å². The zero-order valence-electron chi connectivity index (χ0n) is 10.4. The molecule has 2 nitrogen and oxygen atoms in total. The third-order valence-corrected chi connectivity index (χ3v) is 3.49. The normalized spacial score (nSPS) is 12.3. The van der Waals surface area contributed by atoms with Crippen LogP contribution in [0.25, 0.3) is 0 Å². The number of methoxy groups -OCH3 is 1. The van der Waals surface area contributed by atoms with E-state index >= 15 is 0 Å². The molecule has 0 bridgehead atoms. The van der Waals surface area contributed by atoms with Crippen molar-refractivity contribution in [2.45, 2.75) is 25.6 Å². The molecule has 0 spiro atoms. The zero-order chi connectivity index (χ0) is 12.8. The topological polar surface area (TPSA) is 18.5 Å². The summed E-state index contributed by atoms with van der Waals surface area (Å²) in [7, 11) is 1.62. The number of rotatable bonds is 6. The minimum absolute atomic E-state index is 0.526. The molecule has 0 saturated heterocycles. The van der Waals surface area contributed by atoms with Crippen LogP contribution in [-0.4, -0.2) is 13.7 Å². The molecule has 0 heterocycles. The minimum atomic E-state index is 0.526. The van der Waals surface area contributed by atoms with Crippen molar-refractivity contribution in [1.82, 2.24) is 0 Å². The molecule has 4 heteroatoms. The fraction of sp³-hybridized carbons (Fsp3) is 0.538. The minimum Gasteiger partial charge on any atom is -0.493 e. The first-order valence-electron chi connectivity index (χ1n) is 5.67. The Kier molecular flexibility index (Phi) is 6.14. The Bertz CT molecular complexity index is 343. The summed E-state index contributed by atoms with van der Waals surface area (Å²) >= 11 is 9.45. The Morgan fingerprint density at radius 3 is 2.65 bits per heavy atom. The SMILES string of the molecule is CCC(C)COc1c(CBr)cc(Cl)cc1OC. The monoisotopic (exact) mass is 320 g/mol. The van der Waals surface area contributed by atoms with Gasteiger partial charge in [-0.25, -0.2) is 0 Å². The van der Waals surface area contributed by atoms with Crippen molar-refractivity contribution in [3.8, 4) is 11.5 Å². The molecular formula is C13H18BrClO2. The van der Waals surface area contributed by atoms with Crippen LogP contribution >= 0.6 is 27.5 Å². The van der Waals surface area contributed by atoms with Crippen molar-refractivity contribution in [2.24, 2.45) is 5.92 Å². The summed E-state index contributed by atoms with van der Waals surface area (Å²) in [4.78, 5) is 0. The van der Waals surface area contributed by atoms with Gasteiger partial charge in [0.1, 0.15) is 0 Å². The average Bonchev–Trinajstić information content (AvgIpc) is 2.35. The van der Waals surface area contributed by atoms with Gasteiger partial charge in [-0.1, -0.05) is 47.8 Å². The number of hydrogen-bond donors (Lipinski definition) is 0. The Balaban J connectivity index is 2.94. The lowest BCUT2D eigenvalue weighted by Gasteiger charge is -2.17. The molecule has 96 valence electrons. The van der Waals surface area contributed by atoms with Gasteiger partial charge < -0.3 is 9.47 Å². The number of benzene rings is 1. The highest BCUT2D eigenvalue weighted by Crippen LogP contribution is 2.36. The van der Waals surface area contributed by atoms with Crippen LogP contribution in [0.5, 0.6) is 11.5 Å². The average molecular weight is 322 g/mol. The second kappa shape index (κ2) is 7.12. The molecule has 0 aliphatic heterocycles. The molecular weight excluding hydrogens is 303 g/mol. The molecule has 1 unspecified atom stereocenters. The molecule has 0 aliphatic rings. The zero-order valence-corrected chi connectivity index (χ0v) is 12.8. The highest BCUT2D eigenvalue weighted by molar-refractivity contribution is 9.08. The lowest BCUT2D eigenvalue weighted by atomic mass is 10.1. The van der Waals surface area contributed by atoms with E-state index in [1.165, 1.54) is 0 Å². The van der Waals surface area contributed by atoms with E-state index < -0.39 is 0 Å². The largest absolute Gasteiger partial charge is 0.493 e.